The lowest BCUT2D eigenvalue weighted by molar-refractivity contribution is 0.00654. The van der Waals surface area contributed by atoms with Crippen LogP contribution in [0, 0.1) is 11.2 Å². The van der Waals surface area contributed by atoms with Gasteiger partial charge >= 0.3 is 0 Å². The van der Waals surface area contributed by atoms with Gasteiger partial charge in [0.25, 0.3) is 0 Å². The third-order valence-corrected chi connectivity index (χ3v) is 9.92. The van der Waals surface area contributed by atoms with Crippen LogP contribution in [0.5, 0.6) is 0 Å². The number of hydrogen-bond donors (Lipinski definition) is 1. The molecule has 2 atom stereocenters. The van der Waals surface area contributed by atoms with E-state index >= 15 is 4.39 Å². The van der Waals surface area contributed by atoms with Crippen LogP contribution in [0.25, 0.3) is 0 Å². The molecule has 2 fully saturated rings. The standard InChI is InChI=1S/C29H37FN2O5S/c1-21(2)37-28(31)19-36-20-29(13-15-35-16-14-29)25-11-10-24(26(30)17-25)18-32-22(3)9-12-27(38(32,33)34)23-7-5-4-6-8-23/h4-8,10-11,17,22,27,31H,1,9,12-16,18-20H2,2-3H3/t22-,27+/m0/s1. The Labute approximate surface area is 225 Å². The van der Waals surface area contributed by atoms with Crippen LogP contribution in [0.2, 0.25) is 0 Å². The van der Waals surface area contributed by atoms with E-state index in [9.17, 15) is 8.42 Å². The summed E-state index contributed by atoms with van der Waals surface area (Å²) < 4.78 is 60.7. The fourth-order valence-electron chi connectivity index (χ4n) is 5.38. The number of nitrogens with zero attached hydrogens (tertiary/aromatic N) is 1. The zero-order valence-electron chi connectivity index (χ0n) is 22.1. The van der Waals surface area contributed by atoms with E-state index in [2.05, 4.69) is 6.58 Å². The Bertz CT molecular complexity index is 1240. The average Bonchev–Trinajstić information content (AvgIpc) is 2.88. The maximum Gasteiger partial charge on any atom is 0.221 e. The van der Waals surface area contributed by atoms with Crippen LogP contribution in [-0.2, 0) is 36.2 Å². The predicted molar refractivity (Wildman–Crippen MR) is 145 cm³/mol. The number of ether oxygens (including phenoxy) is 3. The van der Waals surface area contributed by atoms with Crippen molar-refractivity contribution in [1.29, 1.82) is 5.41 Å². The largest absolute Gasteiger partial charge is 0.446 e. The van der Waals surface area contributed by atoms with E-state index in [0.717, 1.165) is 11.1 Å². The number of sulfonamides is 1. The molecule has 2 saturated heterocycles. The third kappa shape index (κ3) is 6.34. The van der Waals surface area contributed by atoms with Gasteiger partial charge in [-0.1, -0.05) is 49.0 Å². The van der Waals surface area contributed by atoms with Crippen molar-refractivity contribution in [3.05, 3.63) is 83.4 Å². The summed E-state index contributed by atoms with van der Waals surface area (Å²) in [6.45, 7) is 8.49. The van der Waals surface area contributed by atoms with E-state index in [1.807, 2.05) is 43.3 Å². The quantitative estimate of drug-likeness (QED) is 0.257. The molecule has 0 spiro atoms. The maximum atomic E-state index is 15.6. The Hall–Kier alpha value is -2.59. The molecule has 4 rings (SSSR count). The molecule has 1 N–H and O–H groups in total. The normalized spacial score (nSPS) is 23.0. The van der Waals surface area contributed by atoms with Crippen LogP contribution >= 0.6 is 0 Å². The molecule has 0 aromatic heterocycles. The Morgan fingerprint density at radius 3 is 2.55 bits per heavy atom. The second-order valence-corrected chi connectivity index (χ2v) is 12.4. The van der Waals surface area contributed by atoms with Gasteiger partial charge < -0.3 is 14.2 Å². The highest BCUT2D eigenvalue weighted by Gasteiger charge is 2.41. The Balaban J connectivity index is 1.53. The van der Waals surface area contributed by atoms with Gasteiger partial charge in [-0.3, -0.25) is 5.41 Å². The van der Waals surface area contributed by atoms with E-state index in [1.54, 1.807) is 13.0 Å². The molecule has 2 aromatic carbocycles. The van der Waals surface area contributed by atoms with E-state index in [-0.39, 0.29) is 31.7 Å². The lowest BCUT2D eigenvalue weighted by Gasteiger charge is -2.38. The molecule has 2 heterocycles. The summed E-state index contributed by atoms with van der Waals surface area (Å²) >= 11 is 0. The highest BCUT2D eigenvalue weighted by atomic mass is 32.2. The minimum absolute atomic E-state index is 0.0106. The monoisotopic (exact) mass is 544 g/mol. The molecule has 0 saturated carbocycles. The van der Waals surface area contributed by atoms with Crippen LogP contribution in [0.4, 0.5) is 4.39 Å². The molecule has 0 bridgehead atoms. The van der Waals surface area contributed by atoms with Crippen LogP contribution in [-0.4, -0.2) is 51.1 Å². The van der Waals surface area contributed by atoms with Gasteiger partial charge in [0, 0.05) is 36.8 Å². The predicted octanol–water partition coefficient (Wildman–Crippen LogP) is 5.47. The van der Waals surface area contributed by atoms with Crippen molar-refractivity contribution < 1.29 is 27.0 Å². The Morgan fingerprint density at radius 2 is 1.89 bits per heavy atom. The summed E-state index contributed by atoms with van der Waals surface area (Å²) in [6, 6.07) is 14.1. The molecule has 0 amide bonds. The molecule has 206 valence electrons. The van der Waals surface area contributed by atoms with Crippen LogP contribution in [0.15, 0.2) is 60.9 Å². The van der Waals surface area contributed by atoms with Crippen molar-refractivity contribution in [3.8, 4) is 0 Å². The van der Waals surface area contributed by atoms with E-state index in [4.69, 9.17) is 19.6 Å². The van der Waals surface area contributed by atoms with Gasteiger partial charge in [-0.2, -0.15) is 4.31 Å². The Kier molecular flexibility index (Phi) is 9.03. The Morgan fingerprint density at radius 1 is 1.18 bits per heavy atom. The van der Waals surface area contributed by atoms with Crippen molar-refractivity contribution in [2.24, 2.45) is 0 Å². The lowest BCUT2D eigenvalue weighted by Crippen LogP contribution is -2.45. The van der Waals surface area contributed by atoms with Crippen molar-refractivity contribution >= 4 is 15.9 Å². The highest BCUT2D eigenvalue weighted by molar-refractivity contribution is 7.89. The van der Waals surface area contributed by atoms with Crippen molar-refractivity contribution in [2.75, 3.05) is 26.4 Å². The van der Waals surface area contributed by atoms with E-state index in [0.29, 0.717) is 50.2 Å². The van der Waals surface area contributed by atoms with E-state index in [1.165, 1.54) is 10.4 Å². The summed E-state index contributed by atoms with van der Waals surface area (Å²) in [7, 11) is -3.66. The third-order valence-electron chi connectivity index (χ3n) is 7.55. The number of halogens is 1. The van der Waals surface area contributed by atoms with Crippen LogP contribution in [0.3, 0.4) is 0 Å². The van der Waals surface area contributed by atoms with Gasteiger partial charge in [0.2, 0.25) is 15.9 Å². The first-order valence-corrected chi connectivity index (χ1v) is 14.5. The van der Waals surface area contributed by atoms with Gasteiger partial charge in [0.1, 0.15) is 17.7 Å². The highest BCUT2D eigenvalue weighted by Crippen LogP contribution is 2.39. The number of hydrogen-bond acceptors (Lipinski definition) is 6. The first-order valence-electron chi connectivity index (χ1n) is 13.0. The average molecular weight is 545 g/mol. The van der Waals surface area contributed by atoms with Gasteiger partial charge in [0.15, 0.2) is 0 Å². The van der Waals surface area contributed by atoms with Gasteiger partial charge in [-0.15, -0.1) is 0 Å². The van der Waals surface area contributed by atoms with Crippen molar-refractivity contribution in [3.63, 3.8) is 0 Å². The fraction of sp³-hybridized carbons (Fsp3) is 0.483. The molecule has 0 radical (unpaired) electrons. The minimum Gasteiger partial charge on any atom is -0.446 e. The summed E-state index contributed by atoms with van der Waals surface area (Å²) in [5, 5.41) is 7.23. The lowest BCUT2D eigenvalue weighted by atomic mass is 9.74. The topological polar surface area (TPSA) is 88.9 Å². The number of allylic oxidation sites excluding steroid dienone is 1. The van der Waals surface area contributed by atoms with Gasteiger partial charge in [-0.05, 0) is 56.7 Å². The van der Waals surface area contributed by atoms with Crippen molar-refractivity contribution in [2.45, 2.75) is 62.8 Å². The molecular weight excluding hydrogens is 507 g/mol. The molecular formula is C29H37FN2O5S. The fourth-order valence-corrected chi connectivity index (χ4v) is 7.57. The second-order valence-electron chi connectivity index (χ2n) is 10.3. The van der Waals surface area contributed by atoms with Crippen LogP contribution in [0.1, 0.15) is 61.5 Å². The molecule has 2 aliphatic rings. The maximum absolute atomic E-state index is 15.6. The zero-order chi connectivity index (χ0) is 27.3. The SMILES string of the molecule is C=C(C)OC(=N)COCC1(c2ccc(CN3[C@@H](C)CC[C@H](c4ccccc4)S3(=O)=O)c(F)c2)CCOCC1. The molecule has 9 heteroatoms. The van der Waals surface area contributed by atoms with Gasteiger partial charge in [-0.25, -0.2) is 12.8 Å². The number of benzene rings is 2. The summed E-state index contributed by atoms with van der Waals surface area (Å²) in [5.41, 5.74) is 1.43. The first-order chi connectivity index (χ1) is 18.1. The molecule has 7 nitrogen and oxygen atoms in total. The second kappa shape index (κ2) is 12.1. The number of rotatable bonds is 9. The molecule has 0 aliphatic carbocycles. The smallest absolute Gasteiger partial charge is 0.221 e. The number of nitrogens with one attached hydrogen (secondary N) is 1. The minimum atomic E-state index is -3.66. The summed E-state index contributed by atoms with van der Waals surface area (Å²) in [5.74, 6) is -0.0555. The molecule has 0 unspecified atom stereocenters. The van der Waals surface area contributed by atoms with E-state index < -0.39 is 26.5 Å². The van der Waals surface area contributed by atoms with Crippen LogP contribution < -0.4 is 0 Å². The molecule has 38 heavy (non-hydrogen) atoms. The van der Waals surface area contributed by atoms with Crippen molar-refractivity contribution in [1.82, 2.24) is 4.31 Å². The summed E-state index contributed by atoms with van der Waals surface area (Å²) in [6.07, 6.45) is 2.56. The molecule has 2 aliphatic heterocycles. The first kappa shape index (κ1) is 28.4. The summed E-state index contributed by atoms with van der Waals surface area (Å²) in [4.78, 5) is 0. The molecule has 2 aromatic rings. The zero-order valence-corrected chi connectivity index (χ0v) is 22.9. The van der Waals surface area contributed by atoms with Gasteiger partial charge in [0.05, 0.1) is 12.4 Å².